The summed E-state index contributed by atoms with van der Waals surface area (Å²) in [7, 11) is 0. The van der Waals surface area contributed by atoms with Crippen molar-refractivity contribution in [1.29, 1.82) is 0 Å². The van der Waals surface area contributed by atoms with Crippen molar-refractivity contribution in [3.8, 4) is 0 Å². The van der Waals surface area contributed by atoms with Crippen LogP contribution in [0.2, 0.25) is 5.02 Å². The summed E-state index contributed by atoms with van der Waals surface area (Å²) in [6.07, 6.45) is 1.09. The first kappa shape index (κ1) is 27.0. The summed E-state index contributed by atoms with van der Waals surface area (Å²) >= 11 is 6.14. The monoisotopic (exact) mass is 490 g/mol. The zero-order valence-corrected chi connectivity index (χ0v) is 21.0. The highest BCUT2D eigenvalue weighted by atomic mass is 35.5. The number of benzene rings is 1. The number of Topliss-reactive ketones (excluding diaryl/α,β-unsaturated/α-hetero) is 1. The van der Waals surface area contributed by atoms with Crippen LogP contribution in [0.4, 0.5) is 0 Å². The van der Waals surface area contributed by atoms with Gasteiger partial charge >= 0.3 is 5.69 Å². The predicted molar refractivity (Wildman–Crippen MR) is 132 cm³/mol. The number of ketones is 1. The van der Waals surface area contributed by atoms with Crippen LogP contribution in [0.25, 0.3) is 0 Å². The molecule has 1 N–H and O–H groups in total. The van der Waals surface area contributed by atoms with Crippen molar-refractivity contribution in [1.82, 2.24) is 14.5 Å². The predicted octanol–water partition coefficient (Wildman–Crippen LogP) is 2.86. The normalized spacial score (nSPS) is 12.7. The molecule has 1 aromatic carbocycles. The highest BCUT2D eigenvalue weighted by molar-refractivity contribution is 6.33. The van der Waals surface area contributed by atoms with Crippen LogP contribution in [0.3, 0.4) is 0 Å². The Bertz CT molecular complexity index is 1200. The lowest BCUT2D eigenvalue weighted by Gasteiger charge is -2.18. The molecule has 0 aliphatic heterocycles. The molecular weight excluding hydrogens is 460 g/mol. The second-order valence-electron chi connectivity index (χ2n) is 8.67. The minimum absolute atomic E-state index is 0.0808. The number of carbonyl (C=O) groups excluding carboxylic acids is 2. The van der Waals surface area contributed by atoms with Crippen molar-refractivity contribution in [2.75, 3.05) is 0 Å². The first-order valence-corrected chi connectivity index (χ1v) is 11.4. The zero-order valence-electron chi connectivity index (χ0n) is 20.3. The molecule has 9 nitrogen and oxygen atoms in total. The second kappa shape index (κ2) is 11.8. The van der Waals surface area contributed by atoms with Gasteiger partial charge in [-0.25, -0.2) is 4.79 Å². The lowest BCUT2D eigenvalue weighted by atomic mass is 10.1. The highest BCUT2D eigenvalue weighted by Gasteiger charge is 2.20. The van der Waals surface area contributed by atoms with Gasteiger partial charge in [-0.3, -0.25) is 23.5 Å². The Morgan fingerprint density at radius 1 is 1.09 bits per heavy atom. The number of aromatic nitrogens is 2. The Balaban J connectivity index is 2.54. The van der Waals surface area contributed by atoms with Crippen molar-refractivity contribution >= 4 is 29.0 Å². The van der Waals surface area contributed by atoms with E-state index in [0.29, 0.717) is 0 Å². The fourth-order valence-electron chi connectivity index (χ4n) is 3.07. The maximum Gasteiger partial charge on any atom is 0.331 e. The maximum atomic E-state index is 13.2. The Morgan fingerprint density at radius 2 is 1.74 bits per heavy atom. The minimum Gasteiger partial charge on any atom is -0.393 e. The van der Waals surface area contributed by atoms with E-state index in [1.54, 1.807) is 65.8 Å². The SMILES string of the molecule is C/C(=N\OC(C)C)c1cn(CC(=O)c2ccccc2Cl)c(=O)n(C[C@H](C)NC(=O)C(C)C)c1=O. The molecule has 0 bridgehead atoms. The first-order chi connectivity index (χ1) is 15.9. The summed E-state index contributed by atoms with van der Waals surface area (Å²) in [5.74, 6) is -0.843. The van der Waals surface area contributed by atoms with Crippen molar-refractivity contribution < 1.29 is 14.4 Å². The van der Waals surface area contributed by atoms with E-state index in [-0.39, 0.29) is 52.9 Å². The number of amides is 1. The van der Waals surface area contributed by atoms with Gasteiger partial charge in [-0.15, -0.1) is 0 Å². The van der Waals surface area contributed by atoms with Gasteiger partial charge in [0.1, 0.15) is 6.10 Å². The number of nitrogens with one attached hydrogen (secondary N) is 1. The molecule has 1 aromatic heterocycles. The number of oxime groups is 1. The molecule has 0 unspecified atom stereocenters. The average molecular weight is 491 g/mol. The van der Waals surface area contributed by atoms with Gasteiger partial charge in [0, 0.05) is 23.7 Å². The van der Waals surface area contributed by atoms with Gasteiger partial charge in [0.25, 0.3) is 5.56 Å². The van der Waals surface area contributed by atoms with Gasteiger partial charge in [0.05, 0.1) is 29.4 Å². The number of rotatable bonds is 10. The quantitative estimate of drug-likeness (QED) is 0.312. The Hall–Kier alpha value is -3.20. The van der Waals surface area contributed by atoms with E-state index in [2.05, 4.69) is 10.5 Å². The molecule has 0 spiro atoms. The van der Waals surface area contributed by atoms with E-state index < -0.39 is 23.1 Å². The Labute approximate surface area is 203 Å². The van der Waals surface area contributed by atoms with Gasteiger partial charge < -0.3 is 10.2 Å². The summed E-state index contributed by atoms with van der Waals surface area (Å²) in [5.41, 5.74) is -0.649. The average Bonchev–Trinajstić information content (AvgIpc) is 2.76. The van der Waals surface area contributed by atoms with Crippen molar-refractivity contribution in [3.63, 3.8) is 0 Å². The fraction of sp³-hybridized carbons (Fsp3) is 0.458. The third kappa shape index (κ3) is 6.90. The van der Waals surface area contributed by atoms with E-state index in [1.807, 2.05) is 0 Å². The van der Waals surface area contributed by atoms with Crippen LogP contribution in [0.1, 0.15) is 57.5 Å². The van der Waals surface area contributed by atoms with Gasteiger partial charge in [-0.05, 0) is 39.8 Å². The van der Waals surface area contributed by atoms with Crippen LogP contribution >= 0.6 is 11.6 Å². The third-order valence-electron chi connectivity index (χ3n) is 4.89. The number of nitrogens with zero attached hydrogens (tertiary/aromatic N) is 3. The molecule has 2 aromatic rings. The molecule has 0 aliphatic carbocycles. The van der Waals surface area contributed by atoms with Crippen molar-refractivity contribution in [2.24, 2.45) is 11.1 Å². The van der Waals surface area contributed by atoms with Crippen molar-refractivity contribution in [2.45, 2.75) is 66.8 Å². The summed E-state index contributed by atoms with van der Waals surface area (Å²) in [6, 6.07) is 6.02. The number of halogens is 1. The van der Waals surface area contributed by atoms with E-state index in [1.165, 1.54) is 6.20 Å². The van der Waals surface area contributed by atoms with Crippen LogP contribution in [0.5, 0.6) is 0 Å². The smallest absolute Gasteiger partial charge is 0.331 e. The van der Waals surface area contributed by atoms with Crippen molar-refractivity contribution in [3.05, 3.63) is 67.4 Å². The molecular formula is C24H31ClN4O5. The van der Waals surface area contributed by atoms with E-state index >= 15 is 0 Å². The summed E-state index contributed by atoms with van der Waals surface area (Å²) < 4.78 is 2.14. The number of hydrogen-bond acceptors (Lipinski definition) is 6. The molecule has 0 saturated heterocycles. The lowest BCUT2D eigenvalue weighted by Crippen LogP contribution is -2.48. The second-order valence-corrected chi connectivity index (χ2v) is 9.07. The third-order valence-corrected chi connectivity index (χ3v) is 5.21. The molecule has 0 fully saturated rings. The standard InChI is InChI=1S/C24H31ClN4O5/c1-14(2)22(31)26-16(5)11-29-23(32)19(17(6)27-34-15(3)4)12-28(24(29)33)13-21(30)18-9-7-8-10-20(18)25/h7-10,12,14-16H,11,13H2,1-6H3,(H,26,31)/b27-17+/t16-/m0/s1. The lowest BCUT2D eigenvalue weighted by molar-refractivity contribution is -0.124. The van der Waals surface area contributed by atoms with E-state index in [9.17, 15) is 19.2 Å². The van der Waals surface area contributed by atoms with Crippen LogP contribution in [0, 0.1) is 5.92 Å². The van der Waals surface area contributed by atoms with Crippen LogP contribution in [0.15, 0.2) is 45.2 Å². The van der Waals surface area contributed by atoms with Crippen LogP contribution in [-0.2, 0) is 22.7 Å². The summed E-state index contributed by atoms with van der Waals surface area (Å²) in [6.45, 7) is 9.94. The molecule has 0 saturated carbocycles. The molecule has 34 heavy (non-hydrogen) atoms. The van der Waals surface area contributed by atoms with Gasteiger partial charge in [0.2, 0.25) is 5.91 Å². The number of carbonyl (C=O) groups is 2. The molecule has 1 atom stereocenters. The molecule has 1 amide bonds. The summed E-state index contributed by atoms with van der Waals surface area (Å²) in [5, 5.41) is 7.03. The van der Waals surface area contributed by atoms with E-state index in [0.717, 1.165) is 9.13 Å². The molecule has 184 valence electrons. The van der Waals surface area contributed by atoms with Crippen LogP contribution in [-0.4, -0.2) is 38.7 Å². The Morgan fingerprint density at radius 3 is 2.32 bits per heavy atom. The van der Waals surface area contributed by atoms with Gasteiger partial charge in [-0.2, -0.15) is 0 Å². The fourth-order valence-corrected chi connectivity index (χ4v) is 3.31. The molecule has 0 aliphatic rings. The largest absolute Gasteiger partial charge is 0.393 e. The molecule has 10 heteroatoms. The van der Waals surface area contributed by atoms with Crippen LogP contribution < -0.4 is 16.6 Å². The zero-order chi connectivity index (χ0) is 25.6. The van der Waals surface area contributed by atoms with Gasteiger partial charge in [-0.1, -0.05) is 42.7 Å². The molecule has 1 heterocycles. The van der Waals surface area contributed by atoms with E-state index in [4.69, 9.17) is 16.4 Å². The summed E-state index contributed by atoms with van der Waals surface area (Å²) in [4.78, 5) is 56.6. The Kier molecular flexibility index (Phi) is 9.37. The minimum atomic E-state index is -0.683. The first-order valence-electron chi connectivity index (χ1n) is 11.1. The topological polar surface area (TPSA) is 112 Å². The number of hydrogen-bond donors (Lipinski definition) is 1. The van der Waals surface area contributed by atoms with Gasteiger partial charge in [0.15, 0.2) is 5.78 Å². The molecule has 0 radical (unpaired) electrons. The highest BCUT2D eigenvalue weighted by Crippen LogP contribution is 2.16. The molecule has 2 rings (SSSR count). The maximum absolute atomic E-state index is 13.2.